The van der Waals surface area contributed by atoms with Gasteiger partial charge in [-0.15, -0.1) is 11.3 Å². The molecule has 0 aliphatic rings. The van der Waals surface area contributed by atoms with Gasteiger partial charge >= 0.3 is 0 Å². The van der Waals surface area contributed by atoms with E-state index in [1.165, 1.54) is 4.88 Å². The van der Waals surface area contributed by atoms with Crippen molar-refractivity contribution < 1.29 is 4.79 Å². The number of amides is 1. The summed E-state index contributed by atoms with van der Waals surface area (Å²) in [6.07, 6.45) is 3.49. The summed E-state index contributed by atoms with van der Waals surface area (Å²) < 4.78 is 1.67. The highest BCUT2D eigenvalue weighted by Gasteiger charge is 2.23. The molecule has 0 saturated heterocycles. The van der Waals surface area contributed by atoms with Gasteiger partial charge in [0, 0.05) is 17.3 Å². The van der Waals surface area contributed by atoms with E-state index in [2.05, 4.69) is 30.3 Å². The minimum absolute atomic E-state index is 0.00389. The maximum absolute atomic E-state index is 12.3. The fourth-order valence-corrected chi connectivity index (χ4v) is 2.89. The van der Waals surface area contributed by atoms with Gasteiger partial charge in [-0.05, 0) is 30.4 Å². The van der Waals surface area contributed by atoms with Crippen molar-refractivity contribution in [2.75, 3.05) is 0 Å². The summed E-state index contributed by atoms with van der Waals surface area (Å²) in [6.45, 7) is 6.08. The van der Waals surface area contributed by atoms with E-state index in [9.17, 15) is 4.79 Å². The third-order valence-electron chi connectivity index (χ3n) is 3.12. The van der Waals surface area contributed by atoms with E-state index in [-0.39, 0.29) is 18.0 Å². The van der Waals surface area contributed by atoms with Crippen molar-refractivity contribution in [2.45, 2.75) is 32.9 Å². The summed E-state index contributed by atoms with van der Waals surface area (Å²) >= 11 is 1.67. The van der Waals surface area contributed by atoms with Gasteiger partial charge in [0.05, 0.1) is 6.04 Å². The van der Waals surface area contributed by atoms with Gasteiger partial charge in [-0.2, -0.15) is 5.10 Å². The highest BCUT2D eigenvalue weighted by molar-refractivity contribution is 7.10. The van der Waals surface area contributed by atoms with Crippen LogP contribution < -0.4 is 5.32 Å². The van der Waals surface area contributed by atoms with Gasteiger partial charge in [0.15, 0.2) is 0 Å². The SMILES string of the molecule is CC(C)[C@H](NC(=O)[C@@H](C)n1cccn1)c1cccs1. The van der Waals surface area contributed by atoms with Gasteiger partial charge in [0.1, 0.15) is 6.04 Å². The highest BCUT2D eigenvalue weighted by Crippen LogP contribution is 2.26. The van der Waals surface area contributed by atoms with E-state index in [4.69, 9.17) is 0 Å². The summed E-state index contributed by atoms with van der Waals surface area (Å²) in [5, 5.41) is 9.26. The number of hydrogen-bond acceptors (Lipinski definition) is 3. The molecule has 2 aromatic rings. The number of rotatable bonds is 5. The molecule has 102 valence electrons. The molecule has 1 N–H and O–H groups in total. The van der Waals surface area contributed by atoms with Crippen molar-refractivity contribution in [3.63, 3.8) is 0 Å². The van der Waals surface area contributed by atoms with Gasteiger partial charge in [-0.1, -0.05) is 19.9 Å². The first kappa shape index (κ1) is 13.8. The third kappa shape index (κ3) is 3.23. The number of carbonyl (C=O) groups excluding carboxylic acids is 1. The normalized spacial score (nSPS) is 14.3. The Morgan fingerprint density at radius 2 is 2.16 bits per heavy atom. The summed E-state index contributed by atoms with van der Waals surface area (Å²) in [5.41, 5.74) is 0. The van der Waals surface area contributed by atoms with Crippen LogP contribution in [0.1, 0.15) is 37.7 Å². The van der Waals surface area contributed by atoms with Crippen LogP contribution >= 0.6 is 11.3 Å². The molecule has 0 fully saturated rings. The van der Waals surface area contributed by atoms with Crippen LogP contribution in [0.15, 0.2) is 36.0 Å². The quantitative estimate of drug-likeness (QED) is 0.913. The van der Waals surface area contributed by atoms with Crippen LogP contribution in [0.2, 0.25) is 0 Å². The second kappa shape index (κ2) is 6.02. The molecule has 1 amide bonds. The van der Waals surface area contributed by atoms with Crippen molar-refractivity contribution in [2.24, 2.45) is 5.92 Å². The molecule has 2 heterocycles. The van der Waals surface area contributed by atoms with E-state index in [1.54, 1.807) is 28.4 Å². The molecule has 0 aliphatic heterocycles. The van der Waals surface area contributed by atoms with Crippen molar-refractivity contribution in [3.05, 3.63) is 40.8 Å². The molecule has 0 spiro atoms. The Bertz CT molecular complexity index is 505. The second-order valence-corrected chi connectivity index (χ2v) is 5.89. The van der Waals surface area contributed by atoms with E-state index in [1.807, 2.05) is 24.4 Å². The Kier molecular flexibility index (Phi) is 4.37. The molecule has 4 nitrogen and oxygen atoms in total. The molecule has 0 radical (unpaired) electrons. The lowest BCUT2D eigenvalue weighted by atomic mass is 10.0. The predicted molar refractivity (Wildman–Crippen MR) is 77.0 cm³/mol. The van der Waals surface area contributed by atoms with E-state index in [0.717, 1.165) is 0 Å². The zero-order chi connectivity index (χ0) is 13.8. The van der Waals surface area contributed by atoms with Crippen molar-refractivity contribution in [1.82, 2.24) is 15.1 Å². The second-order valence-electron chi connectivity index (χ2n) is 4.91. The van der Waals surface area contributed by atoms with Crippen molar-refractivity contribution in [3.8, 4) is 0 Å². The third-order valence-corrected chi connectivity index (χ3v) is 4.07. The predicted octanol–water partition coefficient (Wildman–Crippen LogP) is 3.02. The lowest BCUT2D eigenvalue weighted by molar-refractivity contribution is -0.125. The summed E-state index contributed by atoms with van der Waals surface area (Å²) in [4.78, 5) is 13.5. The molecule has 2 aromatic heterocycles. The van der Waals surface area contributed by atoms with Gasteiger partial charge < -0.3 is 5.32 Å². The molecule has 0 saturated carbocycles. The molecule has 2 atom stereocenters. The van der Waals surface area contributed by atoms with Crippen LogP contribution in [0.5, 0.6) is 0 Å². The maximum atomic E-state index is 12.3. The maximum Gasteiger partial charge on any atom is 0.245 e. The fraction of sp³-hybridized carbons (Fsp3) is 0.429. The Morgan fingerprint density at radius 3 is 2.68 bits per heavy atom. The zero-order valence-electron chi connectivity index (χ0n) is 11.4. The minimum atomic E-state index is -0.295. The molecule has 0 aliphatic carbocycles. The number of nitrogens with zero attached hydrogens (tertiary/aromatic N) is 2. The Balaban J connectivity index is 2.08. The molecule has 2 rings (SSSR count). The molecular formula is C14H19N3OS. The van der Waals surface area contributed by atoms with Gasteiger partial charge in [0.2, 0.25) is 5.91 Å². The first-order valence-electron chi connectivity index (χ1n) is 6.42. The Morgan fingerprint density at radius 1 is 1.37 bits per heavy atom. The van der Waals surface area contributed by atoms with E-state index < -0.39 is 0 Å². The average molecular weight is 277 g/mol. The number of aromatic nitrogens is 2. The van der Waals surface area contributed by atoms with Crippen LogP contribution in [0.3, 0.4) is 0 Å². The highest BCUT2D eigenvalue weighted by atomic mass is 32.1. The molecule has 5 heteroatoms. The number of hydrogen-bond donors (Lipinski definition) is 1. The summed E-state index contributed by atoms with van der Waals surface area (Å²) in [6, 6.07) is 5.66. The number of carbonyl (C=O) groups is 1. The van der Waals surface area contributed by atoms with Crippen LogP contribution in [0, 0.1) is 5.92 Å². The van der Waals surface area contributed by atoms with Crippen LogP contribution in [-0.4, -0.2) is 15.7 Å². The zero-order valence-corrected chi connectivity index (χ0v) is 12.2. The van der Waals surface area contributed by atoms with Crippen LogP contribution in [-0.2, 0) is 4.79 Å². The van der Waals surface area contributed by atoms with Crippen LogP contribution in [0.25, 0.3) is 0 Å². The molecule has 0 unspecified atom stereocenters. The number of thiophene rings is 1. The smallest absolute Gasteiger partial charge is 0.245 e. The first-order chi connectivity index (χ1) is 9.09. The van der Waals surface area contributed by atoms with Gasteiger partial charge in [-0.3, -0.25) is 9.48 Å². The molecular weight excluding hydrogens is 258 g/mol. The Hall–Kier alpha value is -1.62. The number of nitrogens with one attached hydrogen (secondary N) is 1. The lowest BCUT2D eigenvalue weighted by Gasteiger charge is -2.23. The molecule has 0 aromatic carbocycles. The van der Waals surface area contributed by atoms with Crippen LogP contribution in [0.4, 0.5) is 0 Å². The topological polar surface area (TPSA) is 46.9 Å². The average Bonchev–Trinajstić information content (AvgIpc) is 3.06. The standard InChI is InChI=1S/C14H19N3OS/c1-10(2)13(12-6-4-9-19-12)16-14(18)11(3)17-8-5-7-15-17/h4-11,13H,1-3H3,(H,16,18)/t11-,13+/m1/s1. The minimum Gasteiger partial charge on any atom is -0.346 e. The molecule has 0 bridgehead atoms. The Labute approximate surface area is 117 Å². The largest absolute Gasteiger partial charge is 0.346 e. The van der Waals surface area contributed by atoms with E-state index >= 15 is 0 Å². The van der Waals surface area contributed by atoms with E-state index in [0.29, 0.717) is 5.92 Å². The van der Waals surface area contributed by atoms with Crippen molar-refractivity contribution >= 4 is 17.2 Å². The van der Waals surface area contributed by atoms with Gasteiger partial charge in [0.25, 0.3) is 0 Å². The first-order valence-corrected chi connectivity index (χ1v) is 7.30. The van der Waals surface area contributed by atoms with Crippen molar-refractivity contribution in [1.29, 1.82) is 0 Å². The summed E-state index contributed by atoms with van der Waals surface area (Å²) in [5.74, 6) is 0.350. The molecule has 19 heavy (non-hydrogen) atoms. The monoisotopic (exact) mass is 277 g/mol. The van der Waals surface area contributed by atoms with Gasteiger partial charge in [-0.25, -0.2) is 0 Å². The summed E-state index contributed by atoms with van der Waals surface area (Å²) in [7, 11) is 0. The lowest BCUT2D eigenvalue weighted by Crippen LogP contribution is -2.36. The fourth-order valence-electron chi connectivity index (χ4n) is 1.94.